The van der Waals surface area contributed by atoms with E-state index in [1.165, 1.54) is 15.3 Å². The van der Waals surface area contributed by atoms with Gasteiger partial charge in [-0.05, 0) is 18.2 Å². The van der Waals surface area contributed by atoms with Crippen LogP contribution < -0.4 is 0 Å². The van der Waals surface area contributed by atoms with Gasteiger partial charge in [0.1, 0.15) is 10.8 Å². The molecule has 0 atom stereocenters. The van der Waals surface area contributed by atoms with E-state index in [1.807, 2.05) is 23.9 Å². The Labute approximate surface area is 125 Å². The summed E-state index contributed by atoms with van der Waals surface area (Å²) in [6.07, 6.45) is 0. The highest BCUT2D eigenvalue weighted by Gasteiger charge is 2.21. The van der Waals surface area contributed by atoms with E-state index in [2.05, 4.69) is 24.3 Å². The Bertz CT molecular complexity index is 795. The lowest BCUT2D eigenvalue weighted by atomic mass is 10.1. The van der Waals surface area contributed by atoms with E-state index >= 15 is 0 Å². The van der Waals surface area contributed by atoms with Gasteiger partial charge in [0.15, 0.2) is 0 Å². The highest BCUT2D eigenvalue weighted by atomic mass is 32.2. The van der Waals surface area contributed by atoms with Crippen molar-refractivity contribution in [2.75, 3.05) is 0 Å². The number of benzene rings is 2. The van der Waals surface area contributed by atoms with Gasteiger partial charge in [-0.1, -0.05) is 30.3 Å². The SMILES string of the molecule is Oc1cccc(-c2nc3c(s2)CSc2ccccc2-3)c1. The van der Waals surface area contributed by atoms with Gasteiger partial charge in [-0.2, -0.15) is 0 Å². The smallest absolute Gasteiger partial charge is 0.124 e. The lowest BCUT2D eigenvalue weighted by Crippen LogP contribution is -1.92. The Kier molecular flexibility index (Phi) is 2.79. The van der Waals surface area contributed by atoms with Crippen molar-refractivity contribution in [3.05, 3.63) is 53.4 Å². The minimum absolute atomic E-state index is 0.283. The molecular weight excluding hydrogens is 286 g/mol. The van der Waals surface area contributed by atoms with E-state index in [9.17, 15) is 5.11 Å². The molecule has 2 aromatic carbocycles. The molecule has 1 aromatic heterocycles. The van der Waals surface area contributed by atoms with Crippen molar-refractivity contribution in [1.82, 2.24) is 4.98 Å². The molecule has 0 aliphatic carbocycles. The molecule has 2 heterocycles. The first-order valence-electron chi connectivity index (χ1n) is 6.32. The molecule has 3 aromatic rings. The predicted molar refractivity (Wildman–Crippen MR) is 84.2 cm³/mol. The molecule has 1 aliphatic heterocycles. The van der Waals surface area contributed by atoms with Crippen LogP contribution >= 0.6 is 23.1 Å². The number of phenols is 1. The molecule has 0 fully saturated rings. The van der Waals surface area contributed by atoms with E-state index in [4.69, 9.17) is 4.98 Å². The average molecular weight is 297 g/mol. The van der Waals surface area contributed by atoms with E-state index in [0.29, 0.717) is 0 Å². The summed E-state index contributed by atoms with van der Waals surface area (Å²) in [5.74, 6) is 1.26. The highest BCUT2D eigenvalue weighted by molar-refractivity contribution is 7.98. The normalized spacial score (nSPS) is 12.8. The van der Waals surface area contributed by atoms with Gasteiger partial charge in [-0.15, -0.1) is 23.1 Å². The van der Waals surface area contributed by atoms with Crippen LogP contribution in [0.15, 0.2) is 53.4 Å². The first-order valence-corrected chi connectivity index (χ1v) is 8.13. The number of aromatic nitrogens is 1. The molecule has 2 nitrogen and oxygen atoms in total. The molecule has 1 aliphatic rings. The maximum Gasteiger partial charge on any atom is 0.124 e. The first kappa shape index (κ1) is 12.0. The fourth-order valence-electron chi connectivity index (χ4n) is 2.35. The maximum absolute atomic E-state index is 9.61. The topological polar surface area (TPSA) is 33.1 Å². The molecule has 0 spiro atoms. The Balaban J connectivity index is 1.86. The maximum atomic E-state index is 9.61. The fraction of sp³-hybridized carbons (Fsp3) is 0.0625. The number of thiazole rings is 1. The number of phenolic OH excluding ortho intramolecular Hbond substituents is 1. The van der Waals surface area contributed by atoms with Crippen LogP contribution in [0.2, 0.25) is 0 Å². The van der Waals surface area contributed by atoms with Gasteiger partial charge >= 0.3 is 0 Å². The van der Waals surface area contributed by atoms with Crippen molar-refractivity contribution >= 4 is 23.1 Å². The van der Waals surface area contributed by atoms with Crippen molar-refractivity contribution in [3.8, 4) is 27.6 Å². The number of thioether (sulfide) groups is 1. The Morgan fingerprint density at radius 2 is 1.95 bits per heavy atom. The highest BCUT2D eigenvalue weighted by Crippen LogP contribution is 2.45. The van der Waals surface area contributed by atoms with E-state index < -0.39 is 0 Å². The number of hydrogen-bond donors (Lipinski definition) is 1. The third-order valence-electron chi connectivity index (χ3n) is 3.29. The third kappa shape index (κ3) is 1.92. The zero-order valence-electron chi connectivity index (χ0n) is 10.5. The number of aromatic hydroxyl groups is 1. The van der Waals surface area contributed by atoms with Gasteiger partial charge < -0.3 is 5.11 Å². The third-order valence-corrected chi connectivity index (χ3v) is 5.68. The van der Waals surface area contributed by atoms with Crippen LogP contribution in [0.1, 0.15) is 4.88 Å². The molecular formula is C16H11NOS2. The van der Waals surface area contributed by atoms with Crippen LogP contribution in [0, 0.1) is 0 Å². The van der Waals surface area contributed by atoms with Crippen molar-refractivity contribution < 1.29 is 5.11 Å². The molecule has 4 rings (SSSR count). The van der Waals surface area contributed by atoms with Crippen molar-refractivity contribution in [1.29, 1.82) is 0 Å². The monoisotopic (exact) mass is 297 g/mol. The van der Waals surface area contributed by atoms with E-state index in [-0.39, 0.29) is 5.75 Å². The zero-order chi connectivity index (χ0) is 13.5. The summed E-state index contributed by atoms with van der Waals surface area (Å²) in [6, 6.07) is 15.7. The molecule has 0 saturated heterocycles. The lowest BCUT2D eigenvalue weighted by molar-refractivity contribution is 0.475. The summed E-state index contributed by atoms with van der Waals surface area (Å²) in [5.41, 5.74) is 3.30. The van der Waals surface area contributed by atoms with Gasteiger partial charge in [-0.3, -0.25) is 0 Å². The van der Waals surface area contributed by atoms with E-state index in [0.717, 1.165) is 22.0 Å². The van der Waals surface area contributed by atoms with E-state index in [1.54, 1.807) is 23.5 Å². The molecule has 4 heteroatoms. The summed E-state index contributed by atoms with van der Waals surface area (Å²) >= 11 is 3.58. The van der Waals surface area contributed by atoms with Gasteiger partial charge in [0.05, 0.1) is 5.69 Å². The second-order valence-electron chi connectivity index (χ2n) is 4.63. The quantitative estimate of drug-likeness (QED) is 0.701. The lowest BCUT2D eigenvalue weighted by Gasteiger charge is -2.13. The summed E-state index contributed by atoms with van der Waals surface area (Å²) in [7, 11) is 0. The summed E-state index contributed by atoms with van der Waals surface area (Å²) < 4.78 is 0. The molecule has 0 bridgehead atoms. The van der Waals surface area contributed by atoms with Gasteiger partial charge in [0.25, 0.3) is 0 Å². The fourth-order valence-corrected chi connectivity index (χ4v) is 4.55. The molecule has 0 saturated carbocycles. The second-order valence-corrected chi connectivity index (χ2v) is 6.73. The standard InChI is InChI=1S/C16H11NOS2/c18-11-5-3-4-10(8-11)16-17-15-12-6-1-2-7-13(12)19-9-14(15)20-16/h1-8,18H,9H2. The summed E-state index contributed by atoms with van der Waals surface area (Å²) in [5, 5.41) is 10.6. The van der Waals surface area contributed by atoms with Gasteiger partial charge in [0, 0.05) is 26.7 Å². The summed E-state index contributed by atoms with van der Waals surface area (Å²) in [4.78, 5) is 7.41. The number of rotatable bonds is 1. The Morgan fingerprint density at radius 1 is 1.05 bits per heavy atom. The van der Waals surface area contributed by atoms with Crippen LogP contribution in [0.25, 0.3) is 21.8 Å². The minimum Gasteiger partial charge on any atom is -0.508 e. The number of hydrogen-bond acceptors (Lipinski definition) is 4. The van der Waals surface area contributed by atoms with Gasteiger partial charge in [-0.25, -0.2) is 4.98 Å². The molecule has 0 amide bonds. The van der Waals surface area contributed by atoms with Gasteiger partial charge in [0.2, 0.25) is 0 Å². The Morgan fingerprint density at radius 3 is 2.85 bits per heavy atom. The second kappa shape index (κ2) is 4.65. The van der Waals surface area contributed by atoms with Crippen LogP contribution in [-0.4, -0.2) is 10.1 Å². The largest absolute Gasteiger partial charge is 0.508 e. The number of fused-ring (bicyclic) bond motifs is 3. The van der Waals surface area contributed by atoms with Crippen LogP contribution in [0.4, 0.5) is 0 Å². The molecule has 0 unspecified atom stereocenters. The zero-order valence-corrected chi connectivity index (χ0v) is 12.2. The first-order chi connectivity index (χ1) is 9.81. The molecule has 98 valence electrons. The molecule has 20 heavy (non-hydrogen) atoms. The van der Waals surface area contributed by atoms with Crippen molar-refractivity contribution in [3.63, 3.8) is 0 Å². The van der Waals surface area contributed by atoms with Crippen LogP contribution in [0.5, 0.6) is 5.75 Å². The predicted octanol–water partition coefficient (Wildman–Crippen LogP) is 4.79. The van der Waals surface area contributed by atoms with Crippen LogP contribution in [0.3, 0.4) is 0 Å². The Hall–Kier alpha value is -1.78. The van der Waals surface area contributed by atoms with Crippen molar-refractivity contribution in [2.24, 2.45) is 0 Å². The average Bonchev–Trinajstić information content (AvgIpc) is 2.92. The number of nitrogens with zero attached hydrogens (tertiary/aromatic N) is 1. The van der Waals surface area contributed by atoms with Crippen molar-refractivity contribution in [2.45, 2.75) is 10.6 Å². The van der Waals surface area contributed by atoms with Crippen LogP contribution in [-0.2, 0) is 5.75 Å². The summed E-state index contributed by atoms with van der Waals surface area (Å²) in [6.45, 7) is 0. The minimum atomic E-state index is 0.283. The molecule has 0 radical (unpaired) electrons. The molecule has 1 N–H and O–H groups in total.